The summed E-state index contributed by atoms with van der Waals surface area (Å²) in [5, 5.41) is 0.946. The van der Waals surface area contributed by atoms with Gasteiger partial charge in [-0.05, 0) is 62.2 Å². The van der Waals surface area contributed by atoms with Crippen molar-refractivity contribution in [2.75, 3.05) is 6.54 Å². The highest BCUT2D eigenvalue weighted by molar-refractivity contribution is 6.33. The Bertz CT molecular complexity index is 1400. The second-order valence-corrected chi connectivity index (χ2v) is 8.88. The molecule has 0 fully saturated rings. The van der Waals surface area contributed by atoms with E-state index < -0.39 is 6.04 Å². The number of carbonyl (C=O) groups excluding carboxylic acids is 1. The van der Waals surface area contributed by atoms with Crippen LogP contribution in [0.15, 0.2) is 77.6 Å². The molecule has 0 N–H and O–H groups in total. The molecule has 0 saturated heterocycles. The van der Waals surface area contributed by atoms with Crippen LogP contribution >= 0.6 is 11.6 Å². The fourth-order valence-electron chi connectivity index (χ4n) is 4.17. The molecule has 0 bridgehead atoms. The van der Waals surface area contributed by atoms with Crippen LogP contribution in [-0.4, -0.2) is 26.9 Å². The first-order valence-electron chi connectivity index (χ1n) is 11.6. The second kappa shape index (κ2) is 10.2. The minimum atomic E-state index is -0.465. The maximum Gasteiger partial charge on any atom is 0.266 e. The van der Waals surface area contributed by atoms with Gasteiger partial charge in [-0.3, -0.25) is 14.2 Å². The van der Waals surface area contributed by atoms with E-state index >= 15 is 0 Å². The lowest BCUT2D eigenvalue weighted by Gasteiger charge is -2.31. The lowest BCUT2D eigenvalue weighted by molar-refractivity contribution is 0.0678. The zero-order valence-electron chi connectivity index (χ0n) is 19.7. The van der Waals surface area contributed by atoms with Crippen LogP contribution in [0.3, 0.4) is 0 Å². The Morgan fingerprint density at radius 2 is 1.79 bits per heavy atom. The van der Waals surface area contributed by atoms with Crippen LogP contribution in [0.2, 0.25) is 5.02 Å². The van der Waals surface area contributed by atoms with Crippen LogP contribution in [0.5, 0.6) is 0 Å². The average molecular weight is 474 g/mol. The first kappa shape index (κ1) is 23.7. The number of halogens is 1. The minimum Gasteiger partial charge on any atom is -0.329 e. The van der Waals surface area contributed by atoms with E-state index in [1.807, 2.05) is 56.3 Å². The van der Waals surface area contributed by atoms with Crippen LogP contribution < -0.4 is 5.56 Å². The molecule has 1 amide bonds. The van der Waals surface area contributed by atoms with Gasteiger partial charge in [0.25, 0.3) is 11.5 Å². The van der Waals surface area contributed by atoms with E-state index in [1.54, 1.807) is 39.8 Å². The Kier molecular flexibility index (Phi) is 7.13. The molecule has 0 radical (unpaired) electrons. The predicted octanol–water partition coefficient (Wildman–Crippen LogP) is 6.35. The first-order valence-corrected chi connectivity index (χ1v) is 11.9. The molecular formula is C28H28ClN3O2. The number of benzene rings is 3. The van der Waals surface area contributed by atoms with Crippen LogP contribution in [0.4, 0.5) is 0 Å². The fourth-order valence-corrected chi connectivity index (χ4v) is 4.39. The second-order valence-electron chi connectivity index (χ2n) is 8.47. The number of hydrogen-bond acceptors (Lipinski definition) is 3. The van der Waals surface area contributed by atoms with E-state index in [9.17, 15) is 9.59 Å². The van der Waals surface area contributed by atoms with E-state index in [-0.39, 0.29) is 11.5 Å². The topological polar surface area (TPSA) is 55.2 Å². The number of carbonyl (C=O) groups is 1. The highest BCUT2D eigenvalue weighted by atomic mass is 35.5. The van der Waals surface area contributed by atoms with Crippen LogP contribution in [0, 0.1) is 6.92 Å². The molecule has 0 aliphatic heterocycles. The minimum absolute atomic E-state index is 0.154. The van der Waals surface area contributed by atoms with E-state index in [0.717, 1.165) is 24.1 Å². The molecule has 174 valence electrons. The summed E-state index contributed by atoms with van der Waals surface area (Å²) in [6.45, 7) is 6.52. The Hall–Kier alpha value is -3.44. The van der Waals surface area contributed by atoms with Gasteiger partial charge in [0.15, 0.2) is 0 Å². The molecule has 34 heavy (non-hydrogen) atoms. The lowest BCUT2D eigenvalue weighted by atomic mass is 10.1. The lowest BCUT2D eigenvalue weighted by Crippen LogP contribution is -2.38. The van der Waals surface area contributed by atoms with Crippen LogP contribution in [0.25, 0.3) is 16.6 Å². The molecule has 0 aliphatic carbocycles. The Morgan fingerprint density at radius 1 is 1.06 bits per heavy atom. The van der Waals surface area contributed by atoms with Gasteiger partial charge in [-0.15, -0.1) is 0 Å². The molecule has 3 aromatic carbocycles. The first-order chi connectivity index (χ1) is 16.4. The van der Waals surface area contributed by atoms with Crippen molar-refractivity contribution < 1.29 is 4.79 Å². The third kappa shape index (κ3) is 4.62. The van der Waals surface area contributed by atoms with E-state index in [4.69, 9.17) is 16.6 Å². The Labute approximate surface area is 204 Å². The summed E-state index contributed by atoms with van der Waals surface area (Å²) < 4.78 is 1.64. The maximum absolute atomic E-state index is 13.7. The zero-order chi connectivity index (χ0) is 24.2. The highest BCUT2D eigenvalue weighted by Crippen LogP contribution is 2.27. The van der Waals surface area contributed by atoms with Gasteiger partial charge in [-0.25, -0.2) is 4.98 Å². The Morgan fingerprint density at radius 3 is 2.53 bits per heavy atom. The van der Waals surface area contributed by atoms with Crippen molar-refractivity contribution in [2.24, 2.45) is 0 Å². The van der Waals surface area contributed by atoms with Gasteiger partial charge in [0.2, 0.25) is 0 Å². The van der Waals surface area contributed by atoms with Gasteiger partial charge < -0.3 is 4.90 Å². The summed E-state index contributed by atoms with van der Waals surface area (Å²) in [5.41, 5.74) is 2.66. The third-order valence-corrected chi connectivity index (χ3v) is 6.35. The molecule has 1 unspecified atom stereocenters. The van der Waals surface area contributed by atoms with E-state index in [0.29, 0.717) is 33.9 Å². The van der Waals surface area contributed by atoms with Crippen molar-refractivity contribution in [1.82, 2.24) is 14.5 Å². The summed E-state index contributed by atoms with van der Waals surface area (Å²) in [6, 6.07) is 21.7. The quantitative estimate of drug-likeness (QED) is 0.314. The Balaban J connectivity index is 1.92. The van der Waals surface area contributed by atoms with Gasteiger partial charge >= 0.3 is 0 Å². The smallest absolute Gasteiger partial charge is 0.266 e. The average Bonchev–Trinajstić information content (AvgIpc) is 2.84. The fraction of sp³-hybridized carbons (Fsp3) is 0.250. The van der Waals surface area contributed by atoms with Crippen LogP contribution in [0.1, 0.15) is 54.5 Å². The number of nitrogens with zero attached hydrogens (tertiary/aromatic N) is 3. The molecule has 4 rings (SSSR count). The number of unbranched alkanes of at least 4 members (excludes halogenated alkanes) is 1. The molecule has 6 heteroatoms. The van der Waals surface area contributed by atoms with Crippen LogP contribution in [-0.2, 0) is 0 Å². The molecule has 4 aromatic rings. The largest absolute Gasteiger partial charge is 0.329 e. The molecule has 0 aliphatic rings. The number of fused-ring (bicyclic) bond motifs is 1. The maximum atomic E-state index is 13.7. The SMILES string of the molecule is CCCCN(C(=O)c1ccccc1Cl)C(C)c1nc2ccccc2c(=O)n1-c1cccc(C)c1. The van der Waals surface area contributed by atoms with Crippen molar-refractivity contribution in [2.45, 2.75) is 39.7 Å². The number of aromatic nitrogens is 2. The molecule has 1 heterocycles. The summed E-state index contributed by atoms with van der Waals surface area (Å²) in [7, 11) is 0. The highest BCUT2D eigenvalue weighted by Gasteiger charge is 2.28. The monoisotopic (exact) mass is 473 g/mol. The van der Waals surface area contributed by atoms with Crippen molar-refractivity contribution >= 4 is 28.4 Å². The van der Waals surface area contributed by atoms with E-state index in [1.165, 1.54) is 0 Å². The standard InChI is InChI=1S/C28H28ClN3O2/c1-4-5-17-31(27(33)22-13-6-8-15-24(22)29)20(3)26-30-25-16-9-7-14-23(25)28(34)32(26)21-12-10-11-19(2)18-21/h6-16,18,20H,4-5,17H2,1-3H3. The number of para-hydroxylation sites is 1. The molecule has 1 atom stereocenters. The normalized spacial score (nSPS) is 12.0. The molecule has 0 saturated carbocycles. The molecule has 0 spiro atoms. The summed E-state index contributed by atoms with van der Waals surface area (Å²) in [6.07, 6.45) is 1.75. The number of rotatable bonds is 7. The van der Waals surface area contributed by atoms with Gasteiger partial charge in [0.1, 0.15) is 5.82 Å². The van der Waals surface area contributed by atoms with Crippen molar-refractivity contribution in [3.63, 3.8) is 0 Å². The van der Waals surface area contributed by atoms with E-state index in [2.05, 4.69) is 6.92 Å². The number of amides is 1. The van der Waals surface area contributed by atoms with Gasteiger partial charge in [0.05, 0.1) is 33.2 Å². The zero-order valence-corrected chi connectivity index (χ0v) is 20.4. The third-order valence-electron chi connectivity index (χ3n) is 6.02. The molecule has 1 aromatic heterocycles. The van der Waals surface area contributed by atoms with Crippen molar-refractivity contribution in [3.05, 3.63) is 105 Å². The number of hydrogen-bond donors (Lipinski definition) is 0. The predicted molar refractivity (Wildman–Crippen MR) is 138 cm³/mol. The number of aryl methyl sites for hydroxylation is 1. The van der Waals surface area contributed by atoms with Gasteiger partial charge in [0, 0.05) is 6.54 Å². The summed E-state index contributed by atoms with van der Waals surface area (Å²) in [4.78, 5) is 34.0. The van der Waals surface area contributed by atoms with Gasteiger partial charge in [-0.1, -0.05) is 61.3 Å². The van der Waals surface area contributed by atoms with Crippen molar-refractivity contribution in [3.8, 4) is 5.69 Å². The molecule has 5 nitrogen and oxygen atoms in total. The summed E-state index contributed by atoms with van der Waals surface area (Å²) in [5.74, 6) is 0.343. The summed E-state index contributed by atoms with van der Waals surface area (Å²) >= 11 is 6.38. The molecular weight excluding hydrogens is 446 g/mol. The van der Waals surface area contributed by atoms with Crippen molar-refractivity contribution in [1.29, 1.82) is 0 Å². The van der Waals surface area contributed by atoms with Gasteiger partial charge in [-0.2, -0.15) is 0 Å².